The lowest BCUT2D eigenvalue weighted by atomic mass is 10.3. The van der Waals surface area contributed by atoms with Crippen LogP contribution in [-0.4, -0.2) is 15.0 Å². The van der Waals surface area contributed by atoms with Gasteiger partial charge in [-0.15, -0.1) is 11.3 Å². The number of rotatable bonds is 6. The maximum Gasteiger partial charge on any atom is 0.262 e. The second-order valence-corrected chi connectivity index (χ2v) is 7.84. The average Bonchev–Trinajstić information content (AvgIpc) is 2.84. The quantitative estimate of drug-likeness (QED) is 0.815. The summed E-state index contributed by atoms with van der Waals surface area (Å²) in [6, 6.07) is 6.22. The number of sulfonamides is 1. The predicted molar refractivity (Wildman–Crippen MR) is 89.0 cm³/mol. The molecule has 0 aliphatic rings. The number of benzene rings is 1. The van der Waals surface area contributed by atoms with E-state index in [4.69, 9.17) is 23.2 Å². The van der Waals surface area contributed by atoms with Crippen LogP contribution in [0.2, 0.25) is 10.0 Å². The molecule has 2 aromatic rings. The summed E-state index contributed by atoms with van der Waals surface area (Å²) in [7, 11) is -3.64. The molecule has 2 N–H and O–H groups in total. The molecule has 0 amide bonds. The first kappa shape index (κ1) is 16.6. The molecule has 0 atom stereocenters. The topological polar surface area (TPSA) is 58.2 Å². The van der Waals surface area contributed by atoms with Gasteiger partial charge < -0.3 is 5.32 Å². The van der Waals surface area contributed by atoms with Crippen LogP contribution >= 0.6 is 34.5 Å². The lowest BCUT2D eigenvalue weighted by molar-refractivity contribution is 0.601. The third-order valence-corrected chi connectivity index (χ3v) is 5.49. The molecule has 0 aliphatic heterocycles. The summed E-state index contributed by atoms with van der Waals surface area (Å²) in [5.74, 6) is 0. The summed E-state index contributed by atoms with van der Waals surface area (Å²) in [4.78, 5) is 1.19. The molecule has 8 heteroatoms. The van der Waals surface area contributed by atoms with E-state index in [0.717, 1.165) is 11.4 Å². The van der Waals surface area contributed by atoms with Crippen LogP contribution in [0.4, 0.5) is 5.69 Å². The van der Waals surface area contributed by atoms with Crippen molar-refractivity contribution in [1.29, 1.82) is 0 Å². The Kier molecular flexibility index (Phi) is 5.51. The number of nitrogens with one attached hydrogen (secondary N) is 2. The summed E-state index contributed by atoms with van der Waals surface area (Å²) in [5.41, 5.74) is 0.340. The van der Waals surface area contributed by atoms with Crippen molar-refractivity contribution in [3.8, 4) is 0 Å². The van der Waals surface area contributed by atoms with Gasteiger partial charge in [0.1, 0.15) is 0 Å². The number of hydrogen-bond donors (Lipinski definition) is 2. The number of anilines is 1. The molecule has 0 spiro atoms. The van der Waals surface area contributed by atoms with Crippen LogP contribution in [-0.2, 0) is 16.6 Å². The van der Waals surface area contributed by atoms with Crippen molar-refractivity contribution in [1.82, 2.24) is 5.32 Å². The van der Waals surface area contributed by atoms with Gasteiger partial charge in [0.05, 0.1) is 10.6 Å². The Hall–Kier alpha value is -0.790. The zero-order valence-corrected chi connectivity index (χ0v) is 14.3. The molecule has 2 rings (SSSR count). The third-order valence-electron chi connectivity index (χ3n) is 2.60. The van der Waals surface area contributed by atoms with Gasteiger partial charge in [-0.3, -0.25) is 4.72 Å². The minimum atomic E-state index is -3.64. The zero-order chi connectivity index (χ0) is 15.5. The summed E-state index contributed by atoms with van der Waals surface area (Å²) in [6.45, 7) is 3.48. The minimum Gasteiger partial charge on any atom is -0.312 e. The summed E-state index contributed by atoms with van der Waals surface area (Å²) >= 11 is 13.1. The van der Waals surface area contributed by atoms with E-state index in [-0.39, 0.29) is 4.90 Å². The average molecular weight is 365 g/mol. The standard InChI is InChI=1S/C13H14Cl2N2O2S2/c1-2-16-7-12-6-13(8-20-12)21(18,19)17-11-4-9(14)3-10(15)5-11/h3-6,8,16-17H,2,7H2,1H3. The summed E-state index contributed by atoms with van der Waals surface area (Å²) in [5, 5.41) is 5.51. The van der Waals surface area contributed by atoms with Gasteiger partial charge in [-0.25, -0.2) is 8.42 Å². The van der Waals surface area contributed by atoms with E-state index in [0.29, 0.717) is 22.3 Å². The Balaban J connectivity index is 2.19. The van der Waals surface area contributed by atoms with Gasteiger partial charge in [0, 0.05) is 26.8 Å². The van der Waals surface area contributed by atoms with E-state index in [9.17, 15) is 8.42 Å². The normalized spacial score (nSPS) is 11.6. The van der Waals surface area contributed by atoms with Gasteiger partial charge in [-0.05, 0) is 30.8 Å². The SMILES string of the molecule is CCNCc1cc(S(=O)(=O)Nc2cc(Cl)cc(Cl)c2)cs1. The van der Waals surface area contributed by atoms with Gasteiger partial charge in [0.2, 0.25) is 0 Å². The molecule has 4 nitrogen and oxygen atoms in total. The Morgan fingerprint density at radius 2 is 1.81 bits per heavy atom. The van der Waals surface area contributed by atoms with Crippen molar-refractivity contribution < 1.29 is 8.42 Å². The first-order valence-electron chi connectivity index (χ1n) is 6.18. The molecule has 0 saturated carbocycles. The van der Waals surface area contributed by atoms with E-state index in [2.05, 4.69) is 10.0 Å². The highest BCUT2D eigenvalue weighted by atomic mass is 35.5. The molecule has 114 valence electrons. The largest absolute Gasteiger partial charge is 0.312 e. The fourth-order valence-corrected chi connectivity index (χ4v) is 4.48. The first-order chi connectivity index (χ1) is 9.90. The zero-order valence-electron chi connectivity index (χ0n) is 11.2. The fraction of sp³-hybridized carbons (Fsp3) is 0.231. The molecule has 1 heterocycles. The number of thiophene rings is 1. The monoisotopic (exact) mass is 364 g/mol. The highest BCUT2D eigenvalue weighted by molar-refractivity contribution is 7.92. The highest BCUT2D eigenvalue weighted by Crippen LogP contribution is 2.26. The van der Waals surface area contributed by atoms with Crippen molar-refractivity contribution in [2.24, 2.45) is 0 Å². The Bertz CT molecular complexity index is 709. The van der Waals surface area contributed by atoms with Crippen LogP contribution in [0.3, 0.4) is 0 Å². The molecule has 21 heavy (non-hydrogen) atoms. The molecule has 0 aliphatic carbocycles. The Labute approximate surface area is 138 Å². The third kappa shape index (κ3) is 4.59. The van der Waals surface area contributed by atoms with Crippen molar-refractivity contribution in [3.63, 3.8) is 0 Å². The lowest BCUT2D eigenvalue weighted by Gasteiger charge is -2.07. The van der Waals surface area contributed by atoms with E-state index < -0.39 is 10.0 Å². The van der Waals surface area contributed by atoms with Crippen molar-refractivity contribution in [3.05, 3.63) is 44.6 Å². The van der Waals surface area contributed by atoms with Gasteiger partial charge in [-0.2, -0.15) is 0 Å². The van der Waals surface area contributed by atoms with Crippen LogP contribution in [0.1, 0.15) is 11.8 Å². The van der Waals surface area contributed by atoms with Crippen molar-refractivity contribution in [2.45, 2.75) is 18.4 Å². The van der Waals surface area contributed by atoms with Crippen LogP contribution in [0.15, 0.2) is 34.5 Å². The molecule has 1 aromatic carbocycles. The van der Waals surface area contributed by atoms with Crippen LogP contribution in [0.25, 0.3) is 0 Å². The van der Waals surface area contributed by atoms with Gasteiger partial charge in [0.25, 0.3) is 10.0 Å². The van der Waals surface area contributed by atoms with Crippen molar-refractivity contribution in [2.75, 3.05) is 11.3 Å². The smallest absolute Gasteiger partial charge is 0.262 e. The molecule has 0 radical (unpaired) electrons. The van der Waals surface area contributed by atoms with E-state index in [1.807, 2.05) is 6.92 Å². The molecular weight excluding hydrogens is 351 g/mol. The second kappa shape index (κ2) is 6.98. The number of hydrogen-bond acceptors (Lipinski definition) is 4. The summed E-state index contributed by atoms with van der Waals surface area (Å²) < 4.78 is 27.1. The maximum absolute atomic E-state index is 12.3. The van der Waals surface area contributed by atoms with E-state index in [1.54, 1.807) is 17.5 Å². The van der Waals surface area contributed by atoms with E-state index in [1.165, 1.54) is 23.5 Å². The van der Waals surface area contributed by atoms with Gasteiger partial charge >= 0.3 is 0 Å². The molecule has 0 fully saturated rings. The number of halogens is 2. The van der Waals surface area contributed by atoms with Crippen molar-refractivity contribution >= 4 is 50.2 Å². The second-order valence-electron chi connectivity index (χ2n) is 4.29. The molecule has 0 bridgehead atoms. The molecule has 0 saturated heterocycles. The lowest BCUT2D eigenvalue weighted by Crippen LogP contribution is -2.13. The first-order valence-corrected chi connectivity index (χ1v) is 9.29. The Morgan fingerprint density at radius 1 is 1.14 bits per heavy atom. The van der Waals surface area contributed by atoms with Crippen LogP contribution < -0.4 is 10.0 Å². The Morgan fingerprint density at radius 3 is 2.43 bits per heavy atom. The molecule has 1 aromatic heterocycles. The molecular formula is C13H14Cl2N2O2S2. The summed E-state index contributed by atoms with van der Waals surface area (Å²) in [6.07, 6.45) is 0. The maximum atomic E-state index is 12.3. The molecule has 0 unspecified atom stereocenters. The van der Waals surface area contributed by atoms with Gasteiger partial charge in [-0.1, -0.05) is 30.1 Å². The predicted octanol–water partition coefficient (Wildman–Crippen LogP) is 3.97. The van der Waals surface area contributed by atoms with Crippen LogP contribution in [0, 0.1) is 0 Å². The fourth-order valence-electron chi connectivity index (χ4n) is 1.67. The van der Waals surface area contributed by atoms with E-state index >= 15 is 0 Å². The minimum absolute atomic E-state index is 0.233. The van der Waals surface area contributed by atoms with Crippen LogP contribution in [0.5, 0.6) is 0 Å². The van der Waals surface area contributed by atoms with Gasteiger partial charge in [0.15, 0.2) is 0 Å². The highest BCUT2D eigenvalue weighted by Gasteiger charge is 2.16.